The minimum absolute atomic E-state index is 0.0128. The highest BCUT2D eigenvalue weighted by Gasteiger charge is 2.33. The lowest BCUT2D eigenvalue weighted by Gasteiger charge is -2.24. The zero-order valence-electron chi connectivity index (χ0n) is 18.9. The number of carbonyl (C=O) groups is 2. The highest BCUT2D eigenvalue weighted by Crippen LogP contribution is 2.43. The van der Waals surface area contributed by atoms with Crippen LogP contribution in [0.1, 0.15) is 76.2 Å². The molecule has 3 rings (SSSR count). The minimum atomic E-state index is -0.403. The summed E-state index contributed by atoms with van der Waals surface area (Å²) in [5, 5.41) is 0. The van der Waals surface area contributed by atoms with Gasteiger partial charge in [0.2, 0.25) is 5.75 Å². The number of Topliss-reactive ketones (excluding diaryl/α,β-unsaturated/α-hetero) is 1. The number of carbonyl (C=O) groups excluding carboxylic acids is 2. The van der Waals surface area contributed by atoms with Crippen LogP contribution >= 0.6 is 0 Å². The lowest BCUT2D eigenvalue weighted by Crippen LogP contribution is -2.19. The van der Waals surface area contributed by atoms with Crippen molar-refractivity contribution in [2.75, 3.05) is 27.9 Å². The second-order valence-corrected chi connectivity index (χ2v) is 7.81. The molecule has 0 spiro atoms. The van der Waals surface area contributed by atoms with E-state index >= 15 is 0 Å². The zero-order chi connectivity index (χ0) is 22.5. The van der Waals surface area contributed by atoms with E-state index in [1.807, 2.05) is 12.1 Å². The number of hydrogen-bond donors (Lipinski definition) is 1. The van der Waals surface area contributed by atoms with E-state index in [0.717, 1.165) is 30.5 Å². The zero-order valence-corrected chi connectivity index (χ0v) is 18.9. The summed E-state index contributed by atoms with van der Waals surface area (Å²) >= 11 is 0. The molecule has 1 aromatic carbocycles. The van der Waals surface area contributed by atoms with Gasteiger partial charge in [0.05, 0.1) is 27.9 Å². The molecular weight excluding hydrogens is 398 g/mol. The summed E-state index contributed by atoms with van der Waals surface area (Å²) in [7, 11) is 4.69. The van der Waals surface area contributed by atoms with Crippen LogP contribution in [-0.2, 0) is 11.2 Å². The smallest absolute Gasteiger partial charge is 0.355 e. The van der Waals surface area contributed by atoms with Gasteiger partial charge in [-0.2, -0.15) is 0 Å². The quantitative estimate of drug-likeness (QED) is 0.463. The first-order valence-corrected chi connectivity index (χ1v) is 10.7. The Morgan fingerprint density at radius 3 is 2.32 bits per heavy atom. The van der Waals surface area contributed by atoms with Crippen molar-refractivity contribution in [2.24, 2.45) is 0 Å². The third-order valence-corrected chi connectivity index (χ3v) is 5.83. The number of fused-ring (bicyclic) bond motifs is 1. The molecular formula is C24H31NO6. The standard InChI is InChI=1S/C24H31NO6/c1-6-7-8-9-31-24(27)22-14(2)21-17(25-22)10-15(11-18(21)26)16-12-19(28-3)23(30-5)20(13-16)29-4/h12-13,15,25H,6-11H2,1-5H3/t15-/m0/s1. The van der Waals surface area contributed by atoms with Gasteiger partial charge in [0.15, 0.2) is 17.3 Å². The predicted molar refractivity (Wildman–Crippen MR) is 117 cm³/mol. The summed E-state index contributed by atoms with van der Waals surface area (Å²) < 4.78 is 21.7. The van der Waals surface area contributed by atoms with Gasteiger partial charge in [-0.1, -0.05) is 19.8 Å². The van der Waals surface area contributed by atoms with Gasteiger partial charge in [0, 0.05) is 17.7 Å². The van der Waals surface area contributed by atoms with Crippen molar-refractivity contribution in [1.82, 2.24) is 4.98 Å². The Morgan fingerprint density at radius 1 is 1.06 bits per heavy atom. The molecule has 7 nitrogen and oxygen atoms in total. The molecule has 1 atom stereocenters. The number of nitrogens with one attached hydrogen (secondary N) is 1. The average Bonchev–Trinajstić information content (AvgIpc) is 3.12. The maximum Gasteiger partial charge on any atom is 0.355 e. The van der Waals surface area contributed by atoms with E-state index in [1.54, 1.807) is 28.3 Å². The minimum Gasteiger partial charge on any atom is -0.493 e. The van der Waals surface area contributed by atoms with Crippen molar-refractivity contribution in [3.63, 3.8) is 0 Å². The predicted octanol–water partition coefficient (Wildman–Crippen LogP) is 4.61. The molecule has 1 aromatic heterocycles. The monoisotopic (exact) mass is 429 g/mol. The van der Waals surface area contributed by atoms with Gasteiger partial charge in [0.25, 0.3) is 0 Å². The van der Waals surface area contributed by atoms with Crippen molar-refractivity contribution >= 4 is 11.8 Å². The molecule has 7 heteroatoms. The normalized spacial score (nSPS) is 15.4. The molecule has 0 saturated heterocycles. The van der Waals surface area contributed by atoms with E-state index in [0.29, 0.717) is 53.5 Å². The number of esters is 1. The first-order chi connectivity index (χ1) is 14.9. The number of aromatic amines is 1. The molecule has 168 valence electrons. The molecule has 31 heavy (non-hydrogen) atoms. The third kappa shape index (κ3) is 4.55. The molecule has 0 radical (unpaired) electrons. The van der Waals surface area contributed by atoms with E-state index in [-0.39, 0.29) is 11.7 Å². The van der Waals surface area contributed by atoms with Crippen molar-refractivity contribution in [3.8, 4) is 17.2 Å². The summed E-state index contributed by atoms with van der Waals surface area (Å²) in [6.07, 6.45) is 3.86. The Balaban J connectivity index is 1.87. The highest BCUT2D eigenvalue weighted by molar-refractivity contribution is 6.03. The molecule has 1 aliphatic carbocycles. The number of hydrogen-bond acceptors (Lipinski definition) is 6. The van der Waals surface area contributed by atoms with E-state index in [1.165, 1.54) is 0 Å². The number of H-pyrrole nitrogens is 1. The number of ether oxygens (including phenoxy) is 4. The molecule has 1 heterocycles. The molecule has 1 aliphatic rings. The van der Waals surface area contributed by atoms with Crippen molar-refractivity contribution in [1.29, 1.82) is 0 Å². The summed E-state index contributed by atoms with van der Waals surface area (Å²) in [4.78, 5) is 28.7. The van der Waals surface area contributed by atoms with Crippen LogP contribution in [0.15, 0.2) is 12.1 Å². The van der Waals surface area contributed by atoms with Crippen LogP contribution in [-0.4, -0.2) is 44.7 Å². The van der Waals surface area contributed by atoms with E-state index in [9.17, 15) is 9.59 Å². The van der Waals surface area contributed by atoms with Crippen LogP contribution in [0.5, 0.6) is 17.2 Å². The third-order valence-electron chi connectivity index (χ3n) is 5.83. The molecule has 0 saturated carbocycles. The van der Waals surface area contributed by atoms with Gasteiger partial charge < -0.3 is 23.9 Å². The van der Waals surface area contributed by atoms with Crippen molar-refractivity contribution in [3.05, 3.63) is 40.2 Å². The van der Waals surface area contributed by atoms with Gasteiger partial charge in [-0.3, -0.25) is 4.79 Å². The highest BCUT2D eigenvalue weighted by atomic mass is 16.5. The fraction of sp³-hybridized carbons (Fsp3) is 0.500. The SMILES string of the molecule is CCCCCOC(=O)c1[nH]c2c(c1C)C(=O)C[C@@H](c1cc(OC)c(OC)c(OC)c1)C2. The first-order valence-electron chi connectivity index (χ1n) is 10.7. The summed E-state index contributed by atoms with van der Waals surface area (Å²) in [5.74, 6) is 1.16. The molecule has 1 N–H and O–H groups in total. The number of aromatic nitrogens is 1. The lowest BCUT2D eigenvalue weighted by atomic mass is 9.81. The second-order valence-electron chi connectivity index (χ2n) is 7.81. The second kappa shape index (κ2) is 9.90. The Bertz CT molecular complexity index is 936. The Morgan fingerprint density at radius 2 is 1.74 bits per heavy atom. The van der Waals surface area contributed by atoms with Crippen LogP contribution in [0.4, 0.5) is 0 Å². The number of benzene rings is 1. The molecule has 0 amide bonds. The number of ketones is 1. The Kier molecular flexibility index (Phi) is 7.25. The van der Waals surface area contributed by atoms with E-state index in [2.05, 4.69) is 11.9 Å². The van der Waals surface area contributed by atoms with Crippen LogP contribution in [0.3, 0.4) is 0 Å². The largest absolute Gasteiger partial charge is 0.493 e. The van der Waals surface area contributed by atoms with E-state index in [4.69, 9.17) is 18.9 Å². The lowest BCUT2D eigenvalue weighted by molar-refractivity contribution is 0.0491. The van der Waals surface area contributed by atoms with Gasteiger partial charge in [-0.25, -0.2) is 4.79 Å². The maximum absolute atomic E-state index is 13.0. The topological polar surface area (TPSA) is 86.9 Å². The maximum atomic E-state index is 13.0. The van der Waals surface area contributed by atoms with Gasteiger partial charge in [-0.15, -0.1) is 0 Å². The van der Waals surface area contributed by atoms with Crippen molar-refractivity contribution in [2.45, 2.75) is 51.9 Å². The van der Waals surface area contributed by atoms with Gasteiger partial charge in [0.1, 0.15) is 5.69 Å². The molecule has 0 bridgehead atoms. The first kappa shape index (κ1) is 22.7. The summed E-state index contributed by atoms with van der Waals surface area (Å²) in [6, 6.07) is 3.76. The van der Waals surface area contributed by atoms with Crippen LogP contribution in [0, 0.1) is 6.92 Å². The average molecular weight is 430 g/mol. The van der Waals surface area contributed by atoms with E-state index < -0.39 is 5.97 Å². The fourth-order valence-electron chi connectivity index (χ4n) is 4.20. The molecule has 0 fully saturated rings. The van der Waals surface area contributed by atoms with Crippen LogP contribution in [0.25, 0.3) is 0 Å². The molecule has 0 unspecified atom stereocenters. The van der Waals surface area contributed by atoms with Crippen molar-refractivity contribution < 1.29 is 28.5 Å². The van der Waals surface area contributed by atoms with Crippen LogP contribution in [0.2, 0.25) is 0 Å². The van der Waals surface area contributed by atoms with Crippen LogP contribution < -0.4 is 14.2 Å². The molecule has 2 aromatic rings. The summed E-state index contributed by atoms with van der Waals surface area (Å²) in [6.45, 7) is 4.29. The number of methoxy groups -OCH3 is 3. The Hall–Kier alpha value is -2.96. The number of rotatable bonds is 9. The summed E-state index contributed by atoms with van der Waals surface area (Å²) in [5.41, 5.74) is 3.35. The van der Waals surface area contributed by atoms with Gasteiger partial charge in [-0.05, 0) is 48.9 Å². The Labute approximate surface area is 183 Å². The fourth-order valence-corrected chi connectivity index (χ4v) is 4.20. The molecule has 0 aliphatic heterocycles. The van der Waals surface area contributed by atoms with Gasteiger partial charge >= 0.3 is 5.97 Å². The number of unbranched alkanes of at least 4 members (excludes halogenated alkanes) is 2.